The number of aliphatic hydroxyl groups excluding tert-OH is 1. The number of hydrogen-bond acceptors (Lipinski definition) is 5. The van der Waals surface area contributed by atoms with Crippen LogP contribution in [0.15, 0.2) is 11.6 Å². The molecule has 0 aromatic carbocycles. The first-order chi connectivity index (χ1) is 10.1. The van der Waals surface area contributed by atoms with Crippen LogP contribution in [0.1, 0.15) is 40.0 Å². The fourth-order valence-corrected chi connectivity index (χ4v) is 2.39. The van der Waals surface area contributed by atoms with E-state index in [-0.39, 0.29) is 19.1 Å². The molecule has 3 unspecified atom stereocenters. The third kappa shape index (κ3) is 4.82. The minimum Gasteiger partial charge on any atom is -0.463 e. The number of aliphatic hydroxyl groups is 1. The van der Waals surface area contributed by atoms with E-state index in [1.165, 1.54) is 0 Å². The summed E-state index contributed by atoms with van der Waals surface area (Å²) in [4.78, 5) is 22.5. The maximum atomic E-state index is 11.9. The highest BCUT2D eigenvalue weighted by molar-refractivity contribution is 5.89. The van der Waals surface area contributed by atoms with Gasteiger partial charge in [-0.1, -0.05) is 13.8 Å². The quantitative estimate of drug-likeness (QED) is 0.514. The zero-order valence-corrected chi connectivity index (χ0v) is 12.9. The van der Waals surface area contributed by atoms with E-state index in [0.717, 1.165) is 12.8 Å². The fraction of sp³-hybridized carbons (Fsp3) is 0.733. The van der Waals surface area contributed by atoms with Gasteiger partial charge >= 0.3 is 5.97 Å². The second kappa shape index (κ2) is 8.79. The summed E-state index contributed by atoms with van der Waals surface area (Å²) in [6, 6.07) is -0.550. The number of rotatable bonds is 8. The highest BCUT2D eigenvalue weighted by Gasteiger charge is 2.35. The van der Waals surface area contributed by atoms with Crippen LogP contribution in [0.3, 0.4) is 0 Å². The zero-order chi connectivity index (χ0) is 15.8. The Morgan fingerprint density at radius 3 is 2.67 bits per heavy atom. The van der Waals surface area contributed by atoms with E-state index in [9.17, 15) is 14.7 Å². The van der Waals surface area contributed by atoms with Gasteiger partial charge in [0.05, 0.1) is 18.8 Å². The van der Waals surface area contributed by atoms with Crippen molar-refractivity contribution in [2.75, 3.05) is 6.61 Å². The van der Waals surface area contributed by atoms with E-state index < -0.39 is 24.2 Å². The molecule has 0 aromatic rings. The van der Waals surface area contributed by atoms with Crippen molar-refractivity contribution in [2.45, 2.75) is 64.4 Å². The summed E-state index contributed by atoms with van der Waals surface area (Å²) < 4.78 is 10.8. The molecule has 0 heterocycles. The third-order valence-electron chi connectivity index (χ3n) is 3.63. The number of amides is 1. The Balaban J connectivity index is 2.91. The number of carbonyl (C=O) groups is 2. The first-order valence-corrected chi connectivity index (χ1v) is 7.48. The minimum atomic E-state index is -0.881. The van der Waals surface area contributed by atoms with E-state index in [1.807, 2.05) is 13.8 Å². The van der Waals surface area contributed by atoms with Crippen molar-refractivity contribution in [2.24, 2.45) is 0 Å². The van der Waals surface area contributed by atoms with Crippen LogP contribution in [-0.2, 0) is 19.1 Å². The molecule has 1 aliphatic carbocycles. The Hall–Kier alpha value is -1.40. The van der Waals surface area contributed by atoms with Crippen LogP contribution in [0.25, 0.3) is 0 Å². The van der Waals surface area contributed by atoms with Crippen LogP contribution >= 0.6 is 0 Å². The molecular weight excluding hydrogens is 274 g/mol. The molecule has 1 aliphatic rings. The fourth-order valence-electron chi connectivity index (χ4n) is 2.39. The molecule has 0 saturated heterocycles. The maximum Gasteiger partial charge on any atom is 0.333 e. The van der Waals surface area contributed by atoms with Gasteiger partial charge in [0.1, 0.15) is 12.2 Å². The molecular formula is C15H25NO5. The molecule has 3 atom stereocenters. The summed E-state index contributed by atoms with van der Waals surface area (Å²) in [5.74, 6) is -0.430. The van der Waals surface area contributed by atoms with Gasteiger partial charge in [0, 0.05) is 12.0 Å². The van der Waals surface area contributed by atoms with Crippen LogP contribution in [0.5, 0.6) is 0 Å². The highest BCUT2D eigenvalue weighted by atomic mass is 16.5. The van der Waals surface area contributed by atoms with Gasteiger partial charge in [0.25, 0.3) is 0 Å². The first-order valence-electron chi connectivity index (χ1n) is 7.48. The maximum absolute atomic E-state index is 11.9. The predicted octanol–water partition coefficient (Wildman–Crippen LogP) is 0.929. The van der Waals surface area contributed by atoms with Crippen LogP contribution in [-0.4, -0.2) is 48.4 Å². The number of esters is 1. The molecule has 0 aromatic heterocycles. The smallest absolute Gasteiger partial charge is 0.333 e. The van der Waals surface area contributed by atoms with Gasteiger partial charge < -0.3 is 19.9 Å². The monoisotopic (exact) mass is 299 g/mol. The number of nitrogens with one attached hydrogen (secondary N) is 1. The van der Waals surface area contributed by atoms with Crippen LogP contribution in [0, 0.1) is 0 Å². The molecule has 6 heteroatoms. The van der Waals surface area contributed by atoms with Gasteiger partial charge in [-0.05, 0) is 25.8 Å². The summed E-state index contributed by atoms with van der Waals surface area (Å²) in [6.07, 6.45) is 2.50. The molecule has 120 valence electrons. The van der Waals surface area contributed by atoms with E-state index in [4.69, 9.17) is 9.47 Å². The van der Waals surface area contributed by atoms with E-state index in [0.29, 0.717) is 12.0 Å². The van der Waals surface area contributed by atoms with Crippen LogP contribution in [0.4, 0.5) is 0 Å². The third-order valence-corrected chi connectivity index (χ3v) is 3.63. The zero-order valence-electron chi connectivity index (χ0n) is 12.9. The summed E-state index contributed by atoms with van der Waals surface area (Å²) in [5, 5.41) is 12.8. The summed E-state index contributed by atoms with van der Waals surface area (Å²) in [7, 11) is 0. The molecule has 2 N–H and O–H groups in total. The van der Waals surface area contributed by atoms with Gasteiger partial charge in [-0.3, -0.25) is 4.79 Å². The standard InChI is InChI=1S/C15H25NO5/c1-4-11(5-2)21-13-8-10(15(19)20-6-3)7-12(14(13)18)16-9-17/h8-9,11-14,18H,4-7H2,1-3H3,(H,16,17). The molecule has 0 saturated carbocycles. The number of carbonyl (C=O) groups excluding carboxylic acids is 2. The van der Waals surface area contributed by atoms with E-state index in [1.54, 1.807) is 13.0 Å². The second-order valence-corrected chi connectivity index (χ2v) is 5.04. The molecule has 21 heavy (non-hydrogen) atoms. The largest absolute Gasteiger partial charge is 0.463 e. The average Bonchev–Trinajstić information content (AvgIpc) is 2.48. The van der Waals surface area contributed by atoms with Crippen molar-refractivity contribution in [1.82, 2.24) is 5.32 Å². The number of hydrogen-bond donors (Lipinski definition) is 2. The lowest BCUT2D eigenvalue weighted by molar-refractivity contribution is -0.140. The van der Waals surface area contributed by atoms with Gasteiger partial charge in [0.15, 0.2) is 0 Å². The van der Waals surface area contributed by atoms with Gasteiger partial charge in [0.2, 0.25) is 6.41 Å². The van der Waals surface area contributed by atoms with Gasteiger partial charge in [-0.2, -0.15) is 0 Å². The van der Waals surface area contributed by atoms with Crippen molar-refractivity contribution in [3.05, 3.63) is 11.6 Å². The van der Waals surface area contributed by atoms with Crippen LogP contribution in [0.2, 0.25) is 0 Å². The Morgan fingerprint density at radius 2 is 2.14 bits per heavy atom. The Morgan fingerprint density at radius 1 is 1.48 bits per heavy atom. The highest BCUT2D eigenvalue weighted by Crippen LogP contribution is 2.24. The Kier molecular flexibility index (Phi) is 7.39. The predicted molar refractivity (Wildman–Crippen MR) is 77.6 cm³/mol. The van der Waals surface area contributed by atoms with Crippen molar-refractivity contribution < 1.29 is 24.2 Å². The van der Waals surface area contributed by atoms with Crippen molar-refractivity contribution in [1.29, 1.82) is 0 Å². The van der Waals surface area contributed by atoms with Gasteiger partial charge in [-0.25, -0.2) is 4.79 Å². The summed E-state index contributed by atoms with van der Waals surface area (Å²) >= 11 is 0. The van der Waals surface area contributed by atoms with E-state index in [2.05, 4.69) is 5.32 Å². The molecule has 0 bridgehead atoms. The molecule has 0 spiro atoms. The van der Waals surface area contributed by atoms with Gasteiger partial charge in [-0.15, -0.1) is 0 Å². The van der Waals surface area contributed by atoms with Crippen molar-refractivity contribution >= 4 is 12.4 Å². The normalized spacial score (nSPS) is 25.4. The lowest BCUT2D eigenvalue weighted by Gasteiger charge is -2.34. The minimum absolute atomic E-state index is 0.000623. The topological polar surface area (TPSA) is 84.9 Å². The Bertz CT molecular complexity index is 378. The Labute approximate surface area is 125 Å². The number of ether oxygens (including phenoxy) is 2. The SMILES string of the molecule is CCOC(=O)C1=CC(OC(CC)CC)C(O)C(NC=O)C1. The van der Waals surface area contributed by atoms with Crippen LogP contribution < -0.4 is 5.32 Å². The second-order valence-electron chi connectivity index (χ2n) is 5.04. The molecule has 0 aliphatic heterocycles. The molecule has 1 rings (SSSR count). The molecule has 6 nitrogen and oxygen atoms in total. The molecule has 1 amide bonds. The van der Waals surface area contributed by atoms with Crippen molar-refractivity contribution in [3.8, 4) is 0 Å². The molecule has 0 fully saturated rings. The first kappa shape index (κ1) is 17.7. The summed E-state index contributed by atoms with van der Waals surface area (Å²) in [6.45, 7) is 6.01. The van der Waals surface area contributed by atoms with Crippen molar-refractivity contribution in [3.63, 3.8) is 0 Å². The lowest BCUT2D eigenvalue weighted by Crippen LogP contribution is -2.50. The molecule has 0 radical (unpaired) electrons. The average molecular weight is 299 g/mol. The lowest BCUT2D eigenvalue weighted by atomic mass is 9.90. The van der Waals surface area contributed by atoms with E-state index >= 15 is 0 Å². The summed E-state index contributed by atoms with van der Waals surface area (Å²) in [5.41, 5.74) is 0.428.